The molecule has 7 heavy (non-hydrogen) atoms. The first-order valence-electron chi connectivity index (χ1n) is 2.25. The van der Waals surface area contributed by atoms with E-state index in [0.717, 1.165) is 0 Å². The molecular weight excluding hydrogens is 278 g/mol. The third-order valence-corrected chi connectivity index (χ3v) is 15.3. The van der Waals surface area contributed by atoms with Crippen LogP contribution >= 0.6 is 24.5 Å². The quantitative estimate of drug-likeness (QED) is 0.472. The molecule has 0 amide bonds. The molecule has 1 aliphatic heterocycles. The Morgan fingerprint density at radius 2 is 2.57 bits per heavy atom. The molecule has 0 bridgehead atoms. The first-order chi connectivity index (χ1) is 3.30. The van der Waals surface area contributed by atoms with Gasteiger partial charge < -0.3 is 0 Å². The zero-order chi connectivity index (χ0) is 5.28. The summed E-state index contributed by atoms with van der Waals surface area (Å²) < 4.78 is 1.84. The van der Waals surface area contributed by atoms with E-state index in [1.54, 1.807) is 0 Å². The topological polar surface area (TPSA) is 0 Å². The molecule has 0 aromatic heterocycles. The molecule has 3 heteroatoms. The van der Waals surface area contributed by atoms with Crippen LogP contribution < -0.4 is 0 Å². The number of rotatable bonds is 0. The van der Waals surface area contributed by atoms with Gasteiger partial charge in [-0.15, -0.1) is 0 Å². The molecule has 0 saturated heterocycles. The van der Waals surface area contributed by atoms with Crippen molar-refractivity contribution in [3.63, 3.8) is 0 Å². The third kappa shape index (κ3) is 1.65. The average Bonchev–Trinajstić information content (AvgIpc) is 1.91. The average molecular weight is 283 g/mol. The van der Waals surface area contributed by atoms with E-state index in [-0.39, 0.29) is 0 Å². The van der Waals surface area contributed by atoms with E-state index in [1.807, 2.05) is 0 Å². The maximum absolute atomic E-state index is 5.96. The van der Waals surface area contributed by atoms with E-state index in [1.165, 1.54) is 4.18 Å². The molecule has 0 aromatic carbocycles. The van der Waals surface area contributed by atoms with Crippen LogP contribution in [0.2, 0.25) is 4.18 Å². The van der Waals surface area contributed by atoms with E-state index in [2.05, 4.69) is 28.1 Å². The van der Waals surface area contributed by atoms with Crippen LogP contribution in [0.4, 0.5) is 0 Å². The number of halogens is 2. The van der Waals surface area contributed by atoms with Crippen molar-refractivity contribution >= 4 is 44.8 Å². The van der Waals surface area contributed by atoms with Gasteiger partial charge in [0.25, 0.3) is 0 Å². The van der Waals surface area contributed by atoms with Crippen molar-refractivity contribution in [1.82, 2.24) is 0 Å². The summed E-state index contributed by atoms with van der Waals surface area (Å²) in [5.74, 6) is 0. The molecule has 0 saturated carbocycles. The predicted octanol–water partition coefficient (Wildman–Crippen LogP) is 2.09. The molecule has 0 nitrogen and oxygen atoms in total. The van der Waals surface area contributed by atoms with Crippen molar-refractivity contribution in [2.45, 2.75) is 6.76 Å². The Bertz CT molecular complexity index is 93.7. The summed E-state index contributed by atoms with van der Waals surface area (Å²) in [4.78, 5) is 0. The van der Waals surface area contributed by atoms with E-state index < -0.39 is 20.3 Å². The summed E-state index contributed by atoms with van der Waals surface area (Å²) in [6, 6.07) is 0. The van der Waals surface area contributed by atoms with Crippen LogP contribution in [0.5, 0.6) is 0 Å². The molecular formula is C4H5BrClIn. The number of alkyl halides is 1. The van der Waals surface area contributed by atoms with Crippen molar-refractivity contribution in [3.05, 3.63) is 12.2 Å². The van der Waals surface area contributed by atoms with Gasteiger partial charge in [0.05, 0.1) is 0 Å². The monoisotopic (exact) mass is 282 g/mol. The van der Waals surface area contributed by atoms with Gasteiger partial charge in [-0.2, -0.15) is 0 Å². The van der Waals surface area contributed by atoms with Gasteiger partial charge in [0.1, 0.15) is 0 Å². The molecule has 1 atom stereocenters. The van der Waals surface area contributed by atoms with Gasteiger partial charge in [0, 0.05) is 0 Å². The Morgan fingerprint density at radius 1 is 1.86 bits per heavy atom. The first-order valence-corrected chi connectivity index (χ1v) is 11.6. The molecule has 0 fully saturated rings. The molecule has 0 spiro atoms. The Hall–Kier alpha value is 1.38. The van der Waals surface area contributed by atoms with Gasteiger partial charge in [-0.1, -0.05) is 0 Å². The standard InChI is InChI=1S/C4H5Br.ClH.In/c1-2-3-4-5;;/h2-4H,1H2;1H;/q;;+1/p-1. The van der Waals surface area contributed by atoms with Crippen LogP contribution in [0.1, 0.15) is 0 Å². The molecule has 1 aliphatic rings. The van der Waals surface area contributed by atoms with E-state index in [4.69, 9.17) is 8.58 Å². The zero-order valence-electron chi connectivity index (χ0n) is 3.77. The van der Waals surface area contributed by atoms with Gasteiger partial charge >= 0.3 is 63.7 Å². The van der Waals surface area contributed by atoms with Crippen LogP contribution in [-0.4, -0.2) is 22.8 Å². The molecule has 1 unspecified atom stereocenters. The number of hydrogen-bond acceptors (Lipinski definition) is 0. The van der Waals surface area contributed by atoms with Crippen molar-refractivity contribution < 1.29 is 0 Å². The van der Waals surface area contributed by atoms with Crippen molar-refractivity contribution in [1.29, 1.82) is 0 Å². The predicted molar refractivity (Wildman–Crippen MR) is 38.3 cm³/mol. The molecule has 0 N–H and O–H groups in total. The third-order valence-electron chi connectivity index (χ3n) is 1.03. The van der Waals surface area contributed by atoms with Crippen molar-refractivity contribution in [2.75, 3.05) is 0 Å². The second-order valence-electron chi connectivity index (χ2n) is 1.62. The molecule has 38 valence electrons. The summed E-state index contributed by atoms with van der Waals surface area (Å²) in [5, 5.41) is 0. The minimum atomic E-state index is -1.46. The van der Waals surface area contributed by atoms with E-state index in [0.29, 0.717) is 2.58 Å². The Labute approximate surface area is 63.2 Å². The summed E-state index contributed by atoms with van der Waals surface area (Å²) in [5.41, 5.74) is 0. The fraction of sp³-hybridized carbons (Fsp3) is 0.500. The SMILES string of the molecule is [Cl][In]1[CH2]C=C[CH]1Br. The second-order valence-corrected chi connectivity index (χ2v) is 15.6. The molecule has 0 radical (unpaired) electrons. The molecule has 1 heterocycles. The maximum atomic E-state index is 5.96. The van der Waals surface area contributed by atoms with Crippen molar-refractivity contribution in [2.24, 2.45) is 0 Å². The second kappa shape index (κ2) is 2.79. The number of hydrogen-bond donors (Lipinski definition) is 0. The van der Waals surface area contributed by atoms with Gasteiger partial charge in [-0.3, -0.25) is 0 Å². The Balaban J connectivity index is 2.45. The summed E-state index contributed by atoms with van der Waals surface area (Å²) in [6.45, 7) is 0. The zero-order valence-corrected chi connectivity index (χ0v) is 9.41. The summed E-state index contributed by atoms with van der Waals surface area (Å²) in [7, 11) is 5.96. The van der Waals surface area contributed by atoms with E-state index in [9.17, 15) is 0 Å². The summed E-state index contributed by atoms with van der Waals surface area (Å²) >= 11 is 2.02. The van der Waals surface area contributed by atoms with Gasteiger partial charge in [-0.25, -0.2) is 0 Å². The van der Waals surface area contributed by atoms with Crippen LogP contribution in [0.15, 0.2) is 12.2 Å². The van der Waals surface area contributed by atoms with Crippen LogP contribution in [0.25, 0.3) is 0 Å². The Morgan fingerprint density at radius 3 is 2.71 bits per heavy atom. The fourth-order valence-corrected chi connectivity index (χ4v) is 6.58. The normalized spacial score (nSPS) is 29.4. The van der Waals surface area contributed by atoms with Crippen LogP contribution in [-0.2, 0) is 0 Å². The molecule has 0 aliphatic carbocycles. The summed E-state index contributed by atoms with van der Waals surface area (Å²) in [6.07, 6.45) is 4.36. The van der Waals surface area contributed by atoms with Gasteiger partial charge in [0.2, 0.25) is 0 Å². The first kappa shape index (κ1) is 6.50. The molecule has 0 aromatic rings. The molecule has 1 rings (SSSR count). The van der Waals surface area contributed by atoms with Gasteiger partial charge in [-0.05, 0) is 0 Å². The fourth-order valence-electron chi connectivity index (χ4n) is 0.589. The number of allylic oxidation sites excluding steroid dienone is 2. The van der Waals surface area contributed by atoms with Crippen LogP contribution in [0, 0.1) is 0 Å². The Kier molecular flexibility index (Phi) is 2.59. The van der Waals surface area contributed by atoms with E-state index >= 15 is 0 Å². The van der Waals surface area contributed by atoms with Gasteiger partial charge in [0.15, 0.2) is 0 Å². The minimum absolute atomic E-state index is 0.621. The van der Waals surface area contributed by atoms with Crippen LogP contribution in [0.3, 0.4) is 0 Å². The van der Waals surface area contributed by atoms with Crippen molar-refractivity contribution in [3.8, 4) is 0 Å².